The van der Waals surface area contributed by atoms with Crippen LogP contribution in [0.15, 0.2) is 11.0 Å². The molecule has 0 aromatic carbocycles. The minimum absolute atomic E-state index is 0.0496. The number of aliphatic hydroxyl groups excluding tert-OH is 1. The predicted molar refractivity (Wildman–Crippen MR) is 80.1 cm³/mol. The molecule has 1 aliphatic rings. The third-order valence-corrected chi connectivity index (χ3v) is 3.93. The Morgan fingerprint density at radius 3 is 2.85 bits per heavy atom. The molecule has 1 aliphatic heterocycles. The van der Waals surface area contributed by atoms with Crippen LogP contribution in [0.5, 0.6) is 0 Å². The summed E-state index contributed by atoms with van der Waals surface area (Å²) < 4.78 is 7.08. The third-order valence-electron chi connectivity index (χ3n) is 2.82. The van der Waals surface area contributed by atoms with E-state index in [0.717, 1.165) is 5.56 Å². The summed E-state index contributed by atoms with van der Waals surface area (Å²) in [4.78, 5) is 16.2. The molecule has 1 aromatic heterocycles. The van der Waals surface area contributed by atoms with E-state index in [-0.39, 0.29) is 29.5 Å². The van der Waals surface area contributed by atoms with Gasteiger partial charge in [0.25, 0.3) is 0 Å². The highest BCUT2D eigenvalue weighted by atomic mass is 32.2. The van der Waals surface area contributed by atoms with Crippen molar-refractivity contribution >= 4 is 17.6 Å². The Bertz CT molecular complexity index is 539. The first-order valence-electron chi connectivity index (χ1n) is 6.56. The van der Waals surface area contributed by atoms with Crippen molar-refractivity contribution in [3.8, 4) is 0 Å². The summed E-state index contributed by atoms with van der Waals surface area (Å²) in [5, 5.41) is 12.3. The molecule has 112 valence electrons. The minimum Gasteiger partial charge on any atom is -0.393 e. The highest BCUT2D eigenvalue weighted by molar-refractivity contribution is 8.00. The standard InChI is InChI=1S/C13H21N3O3S/c1-8-5-16(9-7-20-10(6-17)19-9)12(18)14-11(8)15-13(2,3)4/h5,9-10,17H,6-7H2,1-4H3,(H,14,15,18)/t9-,10+/m0/s1. The molecular weight excluding hydrogens is 278 g/mol. The Morgan fingerprint density at radius 1 is 1.60 bits per heavy atom. The number of ether oxygens (including phenoxy) is 1. The summed E-state index contributed by atoms with van der Waals surface area (Å²) in [7, 11) is 0. The summed E-state index contributed by atoms with van der Waals surface area (Å²) in [5.74, 6) is 1.24. The molecule has 1 aromatic rings. The molecule has 2 heterocycles. The summed E-state index contributed by atoms with van der Waals surface area (Å²) in [6.07, 6.45) is 1.40. The zero-order valence-electron chi connectivity index (χ0n) is 12.2. The SMILES string of the molecule is Cc1cn([C@@H]2CS[C@H](CO)O2)c(=O)nc1NC(C)(C)C. The molecule has 0 radical (unpaired) electrons. The van der Waals surface area contributed by atoms with Gasteiger partial charge in [0.05, 0.1) is 6.61 Å². The molecule has 1 saturated heterocycles. The van der Waals surface area contributed by atoms with Gasteiger partial charge in [-0.3, -0.25) is 4.57 Å². The van der Waals surface area contributed by atoms with Crippen molar-refractivity contribution in [2.24, 2.45) is 0 Å². The molecule has 0 saturated carbocycles. The van der Waals surface area contributed by atoms with Gasteiger partial charge in [0.15, 0.2) is 0 Å². The topological polar surface area (TPSA) is 76.4 Å². The van der Waals surface area contributed by atoms with E-state index < -0.39 is 0 Å². The molecule has 0 amide bonds. The summed E-state index contributed by atoms with van der Waals surface area (Å²) in [6.45, 7) is 7.90. The van der Waals surface area contributed by atoms with Gasteiger partial charge >= 0.3 is 5.69 Å². The van der Waals surface area contributed by atoms with Crippen molar-refractivity contribution in [2.75, 3.05) is 17.7 Å². The first-order chi connectivity index (χ1) is 9.30. The Kier molecular flexibility index (Phi) is 4.41. The Morgan fingerprint density at radius 2 is 2.30 bits per heavy atom. The van der Waals surface area contributed by atoms with Crippen LogP contribution < -0.4 is 11.0 Å². The minimum atomic E-state index is -0.362. The third kappa shape index (κ3) is 3.53. The van der Waals surface area contributed by atoms with Gasteiger partial charge in [-0.05, 0) is 27.7 Å². The van der Waals surface area contributed by atoms with Gasteiger partial charge < -0.3 is 15.2 Å². The molecule has 0 bridgehead atoms. The van der Waals surface area contributed by atoms with Crippen molar-refractivity contribution in [3.05, 3.63) is 22.2 Å². The summed E-state index contributed by atoms with van der Waals surface area (Å²) >= 11 is 1.50. The second-order valence-electron chi connectivity index (χ2n) is 5.87. The number of nitrogens with one attached hydrogen (secondary N) is 1. The van der Waals surface area contributed by atoms with Crippen LogP contribution in [0.3, 0.4) is 0 Å². The van der Waals surface area contributed by atoms with Gasteiger partial charge in [-0.1, -0.05) is 0 Å². The molecule has 2 atom stereocenters. The predicted octanol–water partition coefficient (Wildman–Crippen LogP) is 1.34. The van der Waals surface area contributed by atoms with Gasteiger partial charge in [-0.25, -0.2) is 4.79 Å². The molecule has 2 rings (SSSR count). The molecule has 0 spiro atoms. The van der Waals surface area contributed by atoms with E-state index in [1.54, 1.807) is 6.20 Å². The fourth-order valence-electron chi connectivity index (χ4n) is 1.94. The number of hydrogen-bond acceptors (Lipinski definition) is 6. The lowest BCUT2D eigenvalue weighted by molar-refractivity contribution is -0.00638. The molecule has 6 nitrogen and oxygen atoms in total. The van der Waals surface area contributed by atoms with Gasteiger partial charge in [0, 0.05) is 23.1 Å². The largest absolute Gasteiger partial charge is 0.393 e. The summed E-state index contributed by atoms with van der Waals surface area (Å²) in [5.41, 5.74) is 0.129. The lowest BCUT2D eigenvalue weighted by Crippen LogP contribution is -2.33. The van der Waals surface area contributed by atoms with E-state index in [0.29, 0.717) is 11.6 Å². The van der Waals surface area contributed by atoms with Crippen molar-refractivity contribution in [1.82, 2.24) is 9.55 Å². The maximum atomic E-state index is 12.1. The summed E-state index contributed by atoms with van der Waals surface area (Å²) in [6, 6.07) is 0. The Balaban J connectivity index is 2.25. The second-order valence-corrected chi connectivity index (χ2v) is 7.07. The van der Waals surface area contributed by atoms with Gasteiger partial charge in [-0.2, -0.15) is 4.98 Å². The molecular formula is C13H21N3O3S. The molecule has 2 N–H and O–H groups in total. The number of hydrogen-bond donors (Lipinski definition) is 2. The Hall–Kier alpha value is -1.05. The van der Waals surface area contributed by atoms with Crippen LogP contribution in [0, 0.1) is 6.92 Å². The van der Waals surface area contributed by atoms with Crippen LogP contribution in [0.25, 0.3) is 0 Å². The fraction of sp³-hybridized carbons (Fsp3) is 0.692. The lowest BCUT2D eigenvalue weighted by atomic mass is 10.1. The normalized spacial score (nSPS) is 23.1. The average molecular weight is 299 g/mol. The number of aromatic nitrogens is 2. The smallest absolute Gasteiger partial charge is 0.351 e. The van der Waals surface area contributed by atoms with E-state index in [1.807, 2.05) is 27.7 Å². The molecule has 0 unspecified atom stereocenters. The monoisotopic (exact) mass is 299 g/mol. The van der Waals surface area contributed by atoms with Gasteiger partial charge in [0.2, 0.25) is 0 Å². The van der Waals surface area contributed by atoms with Gasteiger partial charge in [-0.15, -0.1) is 11.8 Å². The van der Waals surface area contributed by atoms with Crippen LogP contribution in [0.1, 0.15) is 32.6 Å². The maximum absolute atomic E-state index is 12.1. The maximum Gasteiger partial charge on any atom is 0.351 e. The van der Waals surface area contributed by atoms with Crippen LogP contribution in [-0.2, 0) is 4.74 Å². The van der Waals surface area contributed by atoms with Crippen molar-refractivity contribution in [1.29, 1.82) is 0 Å². The average Bonchev–Trinajstić information content (AvgIpc) is 2.80. The van der Waals surface area contributed by atoms with E-state index in [9.17, 15) is 4.79 Å². The number of rotatable bonds is 3. The quantitative estimate of drug-likeness (QED) is 0.877. The number of aryl methyl sites for hydroxylation is 1. The highest BCUT2D eigenvalue weighted by Crippen LogP contribution is 2.30. The fourth-order valence-corrected chi connectivity index (χ4v) is 2.87. The first-order valence-corrected chi connectivity index (χ1v) is 7.61. The molecule has 1 fully saturated rings. The number of aliphatic hydroxyl groups is 1. The second kappa shape index (κ2) is 5.75. The van der Waals surface area contributed by atoms with E-state index >= 15 is 0 Å². The van der Waals surface area contributed by atoms with E-state index in [4.69, 9.17) is 9.84 Å². The van der Waals surface area contributed by atoms with Crippen LogP contribution in [0.4, 0.5) is 5.82 Å². The van der Waals surface area contributed by atoms with E-state index in [2.05, 4.69) is 10.3 Å². The van der Waals surface area contributed by atoms with Gasteiger partial charge in [0.1, 0.15) is 17.5 Å². The first kappa shape index (κ1) is 15.3. The number of thioether (sulfide) groups is 1. The van der Waals surface area contributed by atoms with Crippen LogP contribution in [-0.4, -0.2) is 38.0 Å². The molecule has 0 aliphatic carbocycles. The zero-order chi connectivity index (χ0) is 14.9. The zero-order valence-corrected chi connectivity index (χ0v) is 13.0. The molecule has 7 heteroatoms. The Labute approximate surface area is 122 Å². The highest BCUT2D eigenvalue weighted by Gasteiger charge is 2.28. The lowest BCUT2D eigenvalue weighted by Gasteiger charge is -2.23. The van der Waals surface area contributed by atoms with Crippen molar-refractivity contribution < 1.29 is 9.84 Å². The van der Waals surface area contributed by atoms with Crippen LogP contribution in [0.2, 0.25) is 0 Å². The van der Waals surface area contributed by atoms with E-state index in [1.165, 1.54) is 16.3 Å². The molecule has 20 heavy (non-hydrogen) atoms. The number of anilines is 1. The van der Waals surface area contributed by atoms with Crippen LogP contribution >= 0.6 is 11.8 Å². The number of nitrogens with zero attached hydrogens (tertiary/aromatic N) is 2. The van der Waals surface area contributed by atoms with Crippen molar-refractivity contribution in [3.63, 3.8) is 0 Å². The van der Waals surface area contributed by atoms with Crippen molar-refractivity contribution in [2.45, 2.75) is 44.9 Å².